The molecule has 33 heavy (non-hydrogen) atoms. The first kappa shape index (κ1) is 27.7. The zero-order valence-corrected chi connectivity index (χ0v) is 21.4. The smallest absolute Gasteiger partial charge is 0.209 e. The first-order valence-electron chi connectivity index (χ1n) is 13.7. The lowest BCUT2D eigenvalue weighted by atomic mass is 9.91. The van der Waals surface area contributed by atoms with Gasteiger partial charge in [0.2, 0.25) is 6.41 Å². The second kappa shape index (κ2) is 17.9. The Balaban J connectivity index is 0.000000288. The van der Waals surface area contributed by atoms with Gasteiger partial charge in [0, 0.05) is 26.8 Å². The van der Waals surface area contributed by atoms with Crippen LogP contribution in [0, 0.1) is 11.8 Å². The summed E-state index contributed by atoms with van der Waals surface area (Å²) in [4.78, 5) is 12.9. The van der Waals surface area contributed by atoms with Crippen LogP contribution < -0.4 is 4.74 Å². The van der Waals surface area contributed by atoms with Crippen LogP contribution in [0.25, 0.3) is 0 Å². The molecule has 1 unspecified atom stereocenters. The molecule has 1 aromatic carbocycles. The number of benzene rings is 1. The Morgan fingerprint density at radius 3 is 2.21 bits per heavy atom. The van der Waals surface area contributed by atoms with Crippen molar-refractivity contribution in [1.29, 1.82) is 0 Å². The third kappa shape index (κ3) is 11.9. The van der Waals surface area contributed by atoms with Crippen molar-refractivity contribution in [3.05, 3.63) is 29.8 Å². The first-order valence-corrected chi connectivity index (χ1v) is 13.7. The average Bonchev–Trinajstić information content (AvgIpc) is 3.60. The number of unbranched alkanes of at least 4 members (excludes halogenated alkanes) is 1. The fraction of sp³-hybridized carbons (Fsp3) is 0.759. The van der Waals surface area contributed by atoms with Crippen LogP contribution in [0.3, 0.4) is 0 Å². The summed E-state index contributed by atoms with van der Waals surface area (Å²) in [6.07, 6.45) is 19.6. The summed E-state index contributed by atoms with van der Waals surface area (Å²) in [7, 11) is 1.73. The monoisotopic (exact) mass is 459 g/mol. The van der Waals surface area contributed by atoms with Crippen molar-refractivity contribution in [3.8, 4) is 5.75 Å². The van der Waals surface area contributed by atoms with Gasteiger partial charge in [0.1, 0.15) is 5.75 Å². The summed E-state index contributed by atoms with van der Waals surface area (Å²) in [6.45, 7) is 5.73. The number of ether oxygens (including phenoxy) is 2. The molecule has 0 bridgehead atoms. The molecule has 188 valence electrons. The number of piperidine rings is 1. The van der Waals surface area contributed by atoms with Gasteiger partial charge in [-0.2, -0.15) is 0 Å². The summed E-state index contributed by atoms with van der Waals surface area (Å²) in [5.74, 6) is 2.36. The zero-order valence-electron chi connectivity index (χ0n) is 21.4. The van der Waals surface area contributed by atoms with Crippen LogP contribution in [-0.4, -0.2) is 44.7 Å². The van der Waals surface area contributed by atoms with Crippen LogP contribution in [-0.2, 0) is 16.0 Å². The molecule has 0 aromatic heterocycles. The van der Waals surface area contributed by atoms with Gasteiger partial charge in [0.25, 0.3) is 0 Å². The van der Waals surface area contributed by atoms with Gasteiger partial charge in [-0.05, 0) is 62.0 Å². The van der Waals surface area contributed by atoms with Crippen LogP contribution in [0.5, 0.6) is 5.75 Å². The van der Waals surface area contributed by atoms with Crippen molar-refractivity contribution >= 4 is 6.41 Å². The van der Waals surface area contributed by atoms with Crippen LogP contribution in [0.15, 0.2) is 24.3 Å². The number of carbonyl (C=O) groups is 1. The lowest BCUT2D eigenvalue weighted by Gasteiger charge is -2.30. The van der Waals surface area contributed by atoms with Crippen LogP contribution >= 0.6 is 0 Å². The maximum absolute atomic E-state index is 11.0. The molecule has 1 aromatic rings. The Hall–Kier alpha value is -1.55. The number of hydrogen-bond acceptors (Lipinski definition) is 3. The highest BCUT2D eigenvalue weighted by atomic mass is 16.5. The molecule has 1 amide bonds. The first-order chi connectivity index (χ1) is 16.3. The summed E-state index contributed by atoms with van der Waals surface area (Å²) < 4.78 is 10.9. The molecular weight excluding hydrogens is 410 g/mol. The van der Waals surface area contributed by atoms with Gasteiger partial charge in [-0.1, -0.05) is 76.5 Å². The van der Waals surface area contributed by atoms with E-state index < -0.39 is 0 Å². The summed E-state index contributed by atoms with van der Waals surface area (Å²) in [6, 6.07) is 8.44. The van der Waals surface area contributed by atoms with E-state index in [-0.39, 0.29) is 0 Å². The lowest BCUT2D eigenvalue weighted by molar-refractivity contribution is -0.119. The van der Waals surface area contributed by atoms with E-state index in [1.807, 2.05) is 4.90 Å². The third-order valence-corrected chi connectivity index (χ3v) is 7.08. The lowest BCUT2D eigenvalue weighted by Crippen LogP contribution is -2.35. The van der Waals surface area contributed by atoms with E-state index in [1.54, 1.807) is 7.11 Å². The van der Waals surface area contributed by atoms with Crippen LogP contribution in [0.1, 0.15) is 96.0 Å². The van der Waals surface area contributed by atoms with Crippen molar-refractivity contribution in [1.82, 2.24) is 4.90 Å². The molecule has 1 aliphatic heterocycles. The van der Waals surface area contributed by atoms with E-state index in [2.05, 4.69) is 31.2 Å². The predicted molar refractivity (Wildman–Crippen MR) is 138 cm³/mol. The Morgan fingerprint density at radius 1 is 0.939 bits per heavy atom. The Labute approximate surface area is 203 Å². The zero-order chi connectivity index (χ0) is 23.6. The molecule has 1 heterocycles. The fourth-order valence-corrected chi connectivity index (χ4v) is 5.04. The highest BCUT2D eigenvalue weighted by molar-refractivity contribution is 5.47. The van der Waals surface area contributed by atoms with Gasteiger partial charge >= 0.3 is 0 Å². The number of hydrogen-bond donors (Lipinski definition) is 0. The number of methoxy groups -OCH3 is 1. The van der Waals surface area contributed by atoms with E-state index in [4.69, 9.17) is 9.47 Å². The quantitative estimate of drug-likeness (QED) is 0.293. The van der Waals surface area contributed by atoms with Crippen LogP contribution in [0.2, 0.25) is 0 Å². The number of carbonyl (C=O) groups excluding carboxylic acids is 1. The molecule has 0 radical (unpaired) electrons. The molecule has 4 nitrogen and oxygen atoms in total. The van der Waals surface area contributed by atoms with Gasteiger partial charge in [-0.25, -0.2) is 0 Å². The van der Waals surface area contributed by atoms with Gasteiger partial charge < -0.3 is 14.4 Å². The highest BCUT2D eigenvalue weighted by Gasteiger charge is 2.21. The SMILES string of the molecule is C1CCCC1.CCCCOC.O=CN1CCCC(Cc2ccccc2OCC2CCCC2)C1. The molecule has 2 aliphatic carbocycles. The van der Waals surface area contributed by atoms with Gasteiger partial charge in [-0.3, -0.25) is 4.79 Å². The van der Waals surface area contributed by atoms with Gasteiger partial charge in [0.05, 0.1) is 6.61 Å². The maximum Gasteiger partial charge on any atom is 0.209 e. The van der Waals surface area contributed by atoms with Crippen molar-refractivity contribution < 1.29 is 14.3 Å². The minimum Gasteiger partial charge on any atom is -0.493 e. The summed E-state index contributed by atoms with van der Waals surface area (Å²) in [5.41, 5.74) is 1.30. The summed E-state index contributed by atoms with van der Waals surface area (Å²) in [5, 5.41) is 0. The fourth-order valence-electron chi connectivity index (χ4n) is 5.04. The topological polar surface area (TPSA) is 38.8 Å². The molecule has 1 saturated heterocycles. The van der Waals surface area contributed by atoms with Crippen LogP contribution in [0.4, 0.5) is 0 Å². The standard InChI is InChI=1S/C19H27NO2.C5H12O.C5H10/c21-15-20-11-5-8-17(13-20)12-18-9-3-4-10-19(18)22-14-16-6-1-2-7-16;1-3-4-5-6-2;1-2-4-5-3-1/h3-4,9-10,15-17H,1-2,5-8,11-14H2;3-5H2,1-2H3;1-5H2. The Kier molecular flexibility index (Phi) is 15.0. The van der Waals surface area contributed by atoms with Crippen molar-refractivity contribution in [2.24, 2.45) is 11.8 Å². The molecule has 1 atom stereocenters. The largest absolute Gasteiger partial charge is 0.493 e. The molecule has 3 fully saturated rings. The average molecular weight is 460 g/mol. The highest BCUT2D eigenvalue weighted by Crippen LogP contribution is 2.29. The minimum atomic E-state index is 0.565. The number of para-hydroxylation sites is 1. The van der Waals surface area contributed by atoms with Crippen molar-refractivity contribution in [2.45, 2.75) is 96.8 Å². The second-order valence-corrected chi connectivity index (χ2v) is 10.00. The van der Waals surface area contributed by atoms with Crippen molar-refractivity contribution in [2.75, 3.05) is 33.4 Å². The van der Waals surface area contributed by atoms with Crippen molar-refractivity contribution in [3.63, 3.8) is 0 Å². The van der Waals surface area contributed by atoms with Gasteiger partial charge in [-0.15, -0.1) is 0 Å². The van der Waals surface area contributed by atoms with Gasteiger partial charge in [0.15, 0.2) is 0 Å². The summed E-state index contributed by atoms with van der Waals surface area (Å²) >= 11 is 0. The maximum atomic E-state index is 11.0. The van der Waals surface area contributed by atoms with E-state index in [0.717, 1.165) is 57.2 Å². The second-order valence-electron chi connectivity index (χ2n) is 10.00. The molecule has 4 heteroatoms. The van der Waals surface area contributed by atoms with E-state index in [9.17, 15) is 4.79 Å². The Bertz CT molecular complexity index is 599. The van der Waals surface area contributed by atoms with E-state index >= 15 is 0 Å². The number of nitrogens with zero attached hydrogens (tertiary/aromatic N) is 1. The molecule has 4 rings (SSSR count). The molecule has 3 aliphatic rings. The Morgan fingerprint density at radius 2 is 1.61 bits per heavy atom. The minimum absolute atomic E-state index is 0.565. The number of amides is 1. The predicted octanol–water partition coefficient (Wildman–Crippen LogP) is 7.05. The molecule has 0 N–H and O–H groups in total. The number of rotatable bonds is 9. The molecule has 2 saturated carbocycles. The molecule has 0 spiro atoms. The third-order valence-electron chi connectivity index (χ3n) is 7.08. The normalized spacial score (nSPS) is 20.4. The number of likely N-dealkylation sites (tertiary alicyclic amines) is 1. The van der Waals surface area contributed by atoms with E-state index in [0.29, 0.717) is 5.92 Å². The van der Waals surface area contributed by atoms with E-state index in [1.165, 1.54) is 82.6 Å². The molecular formula is C29H49NO3.